The Balaban J connectivity index is 2.18. The number of nitrogens with zero attached hydrogens (tertiary/aromatic N) is 1. The van der Waals surface area contributed by atoms with Gasteiger partial charge in [0.25, 0.3) is 0 Å². The van der Waals surface area contributed by atoms with Crippen LogP contribution in [0.2, 0.25) is 0 Å². The molecule has 88 valence electrons. The number of rotatable bonds is 3. The highest BCUT2D eigenvalue weighted by Crippen LogP contribution is 2.37. The zero-order valence-corrected chi connectivity index (χ0v) is 11.8. The first kappa shape index (κ1) is 12.5. The van der Waals surface area contributed by atoms with Gasteiger partial charge >= 0.3 is 0 Å². The number of hydrogen-bond donors (Lipinski definition) is 1. The number of pyridine rings is 1. The predicted molar refractivity (Wildman–Crippen MR) is 77.1 cm³/mol. The molecular weight excluding hydrogens is 296 g/mol. The predicted octanol–water partition coefficient (Wildman–Crippen LogP) is 4.28. The van der Waals surface area contributed by atoms with Gasteiger partial charge in [0.15, 0.2) is 0 Å². The number of thioether (sulfide) groups is 1. The number of halogens is 1. The molecule has 0 spiro atoms. The summed E-state index contributed by atoms with van der Waals surface area (Å²) < 4.78 is 0.953. The van der Waals surface area contributed by atoms with Crippen molar-refractivity contribution in [2.75, 3.05) is 5.73 Å². The van der Waals surface area contributed by atoms with Gasteiger partial charge in [0, 0.05) is 15.9 Å². The van der Waals surface area contributed by atoms with Crippen molar-refractivity contribution in [1.82, 2.24) is 4.98 Å². The molecule has 2 N–H and O–H groups in total. The lowest BCUT2D eigenvalue weighted by molar-refractivity contribution is 1.09. The summed E-state index contributed by atoms with van der Waals surface area (Å²) in [5.74, 6) is 0.584. The molecule has 1 heterocycles. The molecule has 1 unspecified atom stereocenters. The van der Waals surface area contributed by atoms with Gasteiger partial charge in [-0.1, -0.05) is 30.3 Å². The van der Waals surface area contributed by atoms with Crippen LogP contribution in [0.25, 0.3) is 0 Å². The lowest BCUT2D eigenvalue weighted by Crippen LogP contribution is -1.95. The second-order valence-electron chi connectivity index (χ2n) is 3.71. The first-order chi connectivity index (χ1) is 8.16. The molecule has 0 saturated heterocycles. The van der Waals surface area contributed by atoms with Gasteiger partial charge in [-0.15, -0.1) is 11.8 Å². The molecule has 0 bridgehead atoms. The number of aromatic nitrogens is 1. The van der Waals surface area contributed by atoms with Crippen molar-refractivity contribution in [3.63, 3.8) is 0 Å². The van der Waals surface area contributed by atoms with Gasteiger partial charge in [-0.05, 0) is 34.5 Å². The van der Waals surface area contributed by atoms with Crippen LogP contribution in [0.4, 0.5) is 5.82 Å². The fourth-order valence-corrected chi connectivity index (χ4v) is 3.03. The van der Waals surface area contributed by atoms with Crippen LogP contribution in [0.5, 0.6) is 0 Å². The van der Waals surface area contributed by atoms with Gasteiger partial charge in [-0.2, -0.15) is 0 Å². The number of benzene rings is 1. The van der Waals surface area contributed by atoms with Gasteiger partial charge in [-0.25, -0.2) is 4.98 Å². The third-order valence-corrected chi connectivity index (χ3v) is 4.06. The summed E-state index contributed by atoms with van der Waals surface area (Å²) in [4.78, 5) is 5.15. The second-order valence-corrected chi connectivity index (χ2v) is 6.01. The molecule has 1 aromatic heterocycles. The lowest BCUT2D eigenvalue weighted by Gasteiger charge is -2.12. The Labute approximate surface area is 114 Å². The van der Waals surface area contributed by atoms with Crippen molar-refractivity contribution in [3.8, 4) is 0 Å². The molecule has 0 fully saturated rings. The highest BCUT2D eigenvalue weighted by Gasteiger charge is 2.10. The number of nitrogens with two attached hydrogens (primary N) is 1. The summed E-state index contributed by atoms with van der Waals surface area (Å²) in [5, 5.41) is 0.356. The summed E-state index contributed by atoms with van der Waals surface area (Å²) in [6.45, 7) is 2.17. The zero-order chi connectivity index (χ0) is 12.3. The van der Waals surface area contributed by atoms with Crippen LogP contribution in [0, 0.1) is 0 Å². The number of hydrogen-bond acceptors (Lipinski definition) is 3. The molecule has 0 radical (unpaired) electrons. The summed E-state index contributed by atoms with van der Waals surface area (Å²) in [7, 11) is 0. The molecule has 17 heavy (non-hydrogen) atoms. The van der Waals surface area contributed by atoms with Gasteiger partial charge in [0.1, 0.15) is 5.82 Å². The van der Waals surface area contributed by atoms with Crippen molar-refractivity contribution in [2.24, 2.45) is 0 Å². The highest BCUT2D eigenvalue weighted by atomic mass is 79.9. The normalized spacial score (nSPS) is 12.4. The van der Waals surface area contributed by atoms with Crippen LogP contribution in [0.3, 0.4) is 0 Å². The Hall–Kier alpha value is -1.00. The zero-order valence-electron chi connectivity index (χ0n) is 9.43. The molecule has 0 aliphatic rings. The minimum absolute atomic E-state index is 0.356. The lowest BCUT2D eigenvalue weighted by atomic mass is 10.2. The summed E-state index contributed by atoms with van der Waals surface area (Å²) >= 11 is 5.13. The van der Waals surface area contributed by atoms with Gasteiger partial charge in [-0.3, -0.25) is 0 Å². The quantitative estimate of drug-likeness (QED) is 0.860. The van der Waals surface area contributed by atoms with Gasteiger partial charge in [0.05, 0.1) is 4.90 Å². The Bertz CT molecular complexity index is 502. The summed E-state index contributed by atoms with van der Waals surface area (Å²) in [6.07, 6.45) is 1.71. The molecule has 4 heteroatoms. The largest absolute Gasteiger partial charge is 0.383 e. The van der Waals surface area contributed by atoms with E-state index in [0.717, 1.165) is 9.37 Å². The van der Waals surface area contributed by atoms with Crippen LogP contribution in [-0.2, 0) is 0 Å². The SMILES string of the molecule is CC(Sc1cc(Br)cnc1N)c1ccccc1. The van der Waals surface area contributed by atoms with Crippen LogP contribution in [0.15, 0.2) is 52.0 Å². The molecule has 2 aromatic rings. The van der Waals surface area contributed by atoms with Crippen molar-refractivity contribution in [3.05, 3.63) is 52.6 Å². The average Bonchev–Trinajstić information content (AvgIpc) is 2.35. The van der Waals surface area contributed by atoms with E-state index in [4.69, 9.17) is 5.73 Å². The Morgan fingerprint density at radius 3 is 2.71 bits per heavy atom. The number of anilines is 1. The molecule has 1 aromatic carbocycles. The fourth-order valence-electron chi connectivity index (χ4n) is 1.51. The topological polar surface area (TPSA) is 38.9 Å². The van der Waals surface area contributed by atoms with Crippen LogP contribution in [-0.4, -0.2) is 4.98 Å². The van der Waals surface area contributed by atoms with Crippen LogP contribution >= 0.6 is 27.7 Å². The third kappa shape index (κ3) is 3.23. The molecule has 0 aliphatic heterocycles. The maximum Gasteiger partial charge on any atom is 0.137 e. The van der Waals surface area contributed by atoms with Gasteiger partial charge < -0.3 is 5.73 Å². The molecule has 0 saturated carbocycles. The molecule has 2 rings (SSSR count). The van der Waals surface area contributed by atoms with E-state index in [-0.39, 0.29) is 0 Å². The van der Waals surface area contributed by atoms with Crippen molar-refractivity contribution in [1.29, 1.82) is 0 Å². The minimum Gasteiger partial charge on any atom is -0.383 e. The van der Waals surface area contributed by atoms with E-state index in [9.17, 15) is 0 Å². The van der Waals surface area contributed by atoms with E-state index in [1.54, 1.807) is 18.0 Å². The van der Waals surface area contributed by atoms with Gasteiger partial charge in [0.2, 0.25) is 0 Å². The maximum atomic E-state index is 5.86. The Kier molecular flexibility index (Phi) is 4.07. The monoisotopic (exact) mass is 308 g/mol. The summed E-state index contributed by atoms with van der Waals surface area (Å²) in [6, 6.07) is 12.4. The third-order valence-electron chi connectivity index (χ3n) is 2.42. The first-order valence-corrected chi connectivity index (χ1v) is 6.96. The van der Waals surface area contributed by atoms with Crippen molar-refractivity contribution in [2.45, 2.75) is 17.1 Å². The first-order valence-electron chi connectivity index (χ1n) is 5.29. The second kappa shape index (κ2) is 5.56. The smallest absolute Gasteiger partial charge is 0.137 e. The van der Waals surface area contributed by atoms with E-state index >= 15 is 0 Å². The van der Waals surface area contributed by atoms with E-state index in [0.29, 0.717) is 11.1 Å². The maximum absolute atomic E-state index is 5.86. The van der Waals surface area contributed by atoms with Crippen molar-refractivity contribution >= 4 is 33.5 Å². The van der Waals surface area contributed by atoms with E-state index in [1.165, 1.54) is 5.56 Å². The average molecular weight is 309 g/mol. The Morgan fingerprint density at radius 1 is 1.29 bits per heavy atom. The molecule has 2 nitrogen and oxygen atoms in total. The highest BCUT2D eigenvalue weighted by molar-refractivity contribution is 9.10. The Morgan fingerprint density at radius 2 is 2.00 bits per heavy atom. The van der Waals surface area contributed by atoms with E-state index < -0.39 is 0 Å². The summed E-state index contributed by atoms with van der Waals surface area (Å²) in [5.41, 5.74) is 7.15. The fraction of sp³-hybridized carbons (Fsp3) is 0.154. The van der Waals surface area contributed by atoms with Crippen molar-refractivity contribution < 1.29 is 0 Å². The number of nitrogen functional groups attached to an aromatic ring is 1. The molecule has 0 aliphatic carbocycles. The van der Waals surface area contributed by atoms with Crippen LogP contribution in [0.1, 0.15) is 17.7 Å². The van der Waals surface area contributed by atoms with E-state index in [1.807, 2.05) is 12.1 Å². The molecular formula is C13H13BrN2S. The molecule has 0 amide bonds. The standard InChI is InChI=1S/C13H13BrN2S/c1-9(10-5-3-2-4-6-10)17-12-7-11(14)8-16-13(12)15/h2-9H,1H3,(H2,15,16). The molecule has 1 atom stereocenters. The van der Waals surface area contributed by atoms with E-state index in [2.05, 4.69) is 52.1 Å². The minimum atomic E-state index is 0.356. The van der Waals surface area contributed by atoms with Crippen LogP contribution < -0.4 is 5.73 Å².